The monoisotopic (exact) mass is 477 g/mol. The van der Waals surface area contributed by atoms with Crippen molar-refractivity contribution < 1.29 is 13.9 Å². The van der Waals surface area contributed by atoms with Crippen LogP contribution in [0.3, 0.4) is 0 Å². The number of morpholine rings is 1. The first-order valence-corrected chi connectivity index (χ1v) is 12.8. The predicted octanol–water partition coefficient (Wildman–Crippen LogP) is 2.93. The number of hydrogen-bond donors (Lipinski definition) is 1. The third-order valence-electron chi connectivity index (χ3n) is 7.06. The van der Waals surface area contributed by atoms with Crippen molar-refractivity contribution in [3.63, 3.8) is 0 Å². The maximum Gasteiger partial charge on any atom is 0.241 e. The number of amides is 1. The molecule has 192 valence electrons. The van der Waals surface area contributed by atoms with Gasteiger partial charge in [0.1, 0.15) is 5.67 Å². The van der Waals surface area contributed by atoms with Gasteiger partial charge in [-0.3, -0.25) is 14.7 Å². The Balaban J connectivity index is 0.000000396. The molecule has 2 atom stereocenters. The van der Waals surface area contributed by atoms with Crippen LogP contribution >= 0.6 is 0 Å². The molecule has 0 spiro atoms. The number of rotatable bonds is 5. The van der Waals surface area contributed by atoms with Crippen molar-refractivity contribution >= 4 is 11.6 Å². The van der Waals surface area contributed by atoms with Gasteiger partial charge in [0.25, 0.3) is 0 Å². The van der Waals surface area contributed by atoms with Gasteiger partial charge in [0, 0.05) is 62.5 Å². The molecule has 8 heteroatoms. The molecule has 1 aromatic rings. The van der Waals surface area contributed by atoms with Crippen LogP contribution in [-0.4, -0.2) is 92.8 Å². The number of hydrogen-bond acceptors (Lipinski definition) is 6. The minimum absolute atomic E-state index is 0.0872. The average molecular weight is 478 g/mol. The second-order valence-electron chi connectivity index (χ2n) is 10.9. The van der Waals surface area contributed by atoms with E-state index in [1.54, 1.807) is 19.2 Å². The number of ether oxygens (including phenoxy) is 1. The summed E-state index contributed by atoms with van der Waals surface area (Å²) in [6.07, 6.45) is 2.95. The Morgan fingerprint density at radius 2 is 2.03 bits per heavy atom. The molecular formula is C26H44FN5O2. The minimum Gasteiger partial charge on any atom is -0.379 e. The first kappa shape index (κ1) is 27.0. The van der Waals surface area contributed by atoms with Gasteiger partial charge in [0.05, 0.1) is 31.1 Å². The molecule has 2 fully saturated rings. The van der Waals surface area contributed by atoms with Crippen LogP contribution in [-0.2, 0) is 20.6 Å². The highest BCUT2D eigenvalue weighted by molar-refractivity contribution is 5.97. The molecule has 0 aromatic carbocycles. The maximum absolute atomic E-state index is 15.0. The van der Waals surface area contributed by atoms with Crippen LogP contribution in [0.1, 0.15) is 58.7 Å². The van der Waals surface area contributed by atoms with E-state index in [1.807, 2.05) is 11.8 Å². The summed E-state index contributed by atoms with van der Waals surface area (Å²) in [5, 5.41) is 3.40. The fourth-order valence-electron chi connectivity index (χ4n) is 4.95. The minimum atomic E-state index is -1.47. The summed E-state index contributed by atoms with van der Waals surface area (Å²) in [7, 11) is 2.11. The maximum atomic E-state index is 15.0. The predicted molar refractivity (Wildman–Crippen MR) is 135 cm³/mol. The Morgan fingerprint density at radius 3 is 2.62 bits per heavy atom. The fourth-order valence-corrected chi connectivity index (χ4v) is 4.95. The third kappa shape index (κ3) is 6.74. The number of anilines is 1. The third-order valence-corrected chi connectivity index (χ3v) is 7.06. The fraction of sp³-hybridized carbons (Fsp3) is 0.769. The summed E-state index contributed by atoms with van der Waals surface area (Å²) in [5.74, 6) is 0.0872. The summed E-state index contributed by atoms with van der Waals surface area (Å²) in [6.45, 7) is 17.6. The Kier molecular flexibility index (Phi) is 9.06. The van der Waals surface area contributed by atoms with Crippen LogP contribution in [0.15, 0.2) is 12.3 Å². The van der Waals surface area contributed by atoms with E-state index >= 15 is 4.39 Å². The molecule has 4 rings (SSSR count). The summed E-state index contributed by atoms with van der Waals surface area (Å²) in [4.78, 5) is 23.8. The van der Waals surface area contributed by atoms with Gasteiger partial charge in [-0.1, -0.05) is 27.2 Å². The van der Waals surface area contributed by atoms with Gasteiger partial charge in [-0.2, -0.15) is 0 Å². The molecular weight excluding hydrogens is 433 g/mol. The van der Waals surface area contributed by atoms with E-state index < -0.39 is 5.67 Å². The molecule has 4 heterocycles. The van der Waals surface area contributed by atoms with E-state index in [2.05, 4.69) is 47.9 Å². The number of alkyl halides is 1. The van der Waals surface area contributed by atoms with Gasteiger partial charge in [-0.25, -0.2) is 4.39 Å². The molecule has 1 unspecified atom stereocenters. The standard InChI is InChI=1S/C21H33FN4O.C5H11NO/c1-6-7-21(5,22)18-10-17-16(11-24-18)20(3,4)14-26(17)19(27)13-25-9-8-23-15(2)12-25;1-6-2-4-7-5-3-6/h10-11,15,23H,6-9,12-14H2,1-5H3;2-5H2,1H3/t15-,21?;/m1./s1. The van der Waals surface area contributed by atoms with Crippen molar-refractivity contribution in [3.05, 3.63) is 23.5 Å². The molecule has 1 N–H and O–H groups in total. The first-order chi connectivity index (χ1) is 16.0. The number of nitrogens with one attached hydrogen (secondary N) is 1. The smallest absolute Gasteiger partial charge is 0.241 e. The Hall–Kier alpha value is -1.61. The van der Waals surface area contributed by atoms with Crippen LogP contribution in [0.5, 0.6) is 0 Å². The van der Waals surface area contributed by atoms with Crippen LogP contribution in [0.2, 0.25) is 0 Å². The van der Waals surface area contributed by atoms with E-state index in [4.69, 9.17) is 4.74 Å². The van der Waals surface area contributed by atoms with Gasteiger partial charge < -0.3 is 19.9 Å². The Morgan fingerprint density at radius 1 is 1.32 bits per heavy atom. The largest absolute Gasteiger partial charge is 0.379 e. The Labute approximate surface area is 205 Å². The summed E-state index contributed by atoms with van der Waals surface area (Å²) in [5.41, 5.74) is 0.636. The van der Waals surface area contributed by atoms with Crippen LogP contribution < -0.4 is 10.2 Å². The molecule has 0 radical (unpaired) electrons. The number of likely N-dealkylation sites (N-methyl/N-ethyl adjacent to an activating group) is 1. The quantitative estimate of drug-likeness (QED) is 0.704. The molecule has 0 aliphatic carbocycles. The van der Waals surface area contributed by atoms with E-state index in [9.17, 15) is 4.79 Å². The molecule has 1 aromatic heterocycles. The van der Waals surface area contributed by atoms with E-state index in [0.29, 0.717) is 31.2 Å². The van der Waals surface area contributed by atoms with Crippen molar-refractivity contribution in [1.29, 1.82) is 0 Å². The zero-order valence-electron chi connectivity index (χ0n) is 22.0. The summed E-state index contributed by atoms with van der Waals surface area (Å²) < 4.78 is 20.1. The number of aromatic nitrogens is 1. The summed E-state index contributed by atoms with van der Waals surface area (Å²) >= 11 is 0. The molecule has 34 heavy (non-hydrogen) atoms. The molecule has 3 aliphatic rings. The second kappa shape index (κ2) is 11.4. The lowest BCUT2D eigenvalue weighted by atomic mass is 9.87. The molecule has 0 saturated carbocycles. The number of piperazine rings is 1. The number of carbonyl (C=O) groups is 1. The lowest BCUT2D eigenvalue weighted by Crippen LogP contribution is -2.52. The van der Waals surface area contributed by atoms with Crippen molar-refractivity contribution in [1.82, 2.24) is 20.1 Å². The van der Waals surface area contributed by atoms with Gasteiger partial charge >= 0.3 is 0 Å². The van der Waals surface area contributed by atoms with E-state index in [1.165, 1.54) is 0 Å². The van der Waals surface area contributed by atoms with Crippen LogP contribution in [0.25, 0.3) is 0 Å². The van der Waals surface area contributed by atoms with E-state index in [0.717, 1.165) is 63.6 Å². The molecule has 2 saturated heterocycles. The zero-order valence-corrected chi connectivity index (χ0v) is 22.0. The highest BCUT2D eigenvalue weighted by atomic mass is 19.1. The van der Waals surface area contributed by atoms with Crippen molar-refractivity contribution in [2.45, 2.75) is 64.6 Å². The lowest BCUT2D eigenvalue weighted by molar-refractivity contribution is -0.120. The number of carbonyl (C=O) groups excluding carboxylic acids is 1. The molecule has 7 nitrogen and oxygen atoms in total. The van der Waals surface area contributed by atoms with Crippen molar-refractivity contribution in [2.75, 3.05) is 71.0 Å². The highest BCUT2D eigenvalue weighted by Crippen LogP contribution is 2.42. The highest BCUT2D eigenvalue weighted by Gasteiger charge is 2.40. The van der Waals surface area contributed by atoms with Crippen molar-refractivity contribution in [2.24, 2.45) is 0 Å². The normalized spacial score (nSPS) is 24.7. The van der Waals surface area contributed by atoms with Crippen molar-refractivity contribution in [3.8, 4) is 0 Å². The van der Waals surface area contributed by atoms with Gasteiger partial charge in [-0.15, -0.1) is 0 Å². The van der Waals surface area contributed by atoms with Gasteiger partial charge in [0.2, 0.25) is 5.91 Å². The first-order valence-electron chi connectivity index (χ1n) is 12.8. The Bertz CT molecular complexity index is 825. The van der Waals surface area contributed by atoms with Crippen LogP contribution in [0, 0.1) is 0 Å². The SMILES string of the molecule is CCCC(C)(F)c1cc2c(cn1)C(C)(C)CN2C(=O)CN1CCN[C@H](C)C1.CN1CCOCC1. The van der Waals surface area contributed by atoms with E-state index in [-0.39, 0.29) is 11.3 Å². The van der Waals surface area contributed by atoms with Gasteiger partial charge in [-0.05, 0) is 33.4 Å². The molecule has 0 bridgehead atoms. The topological polar surface area (TPSA) is 60.9 Å². The number of halogens is 1. The van der Waals surface area contributed by atoms with Crippen LogP contribution in [0.4, 0.5) is 10.1 Å². The summed E-state index contributed by atoms with van der Waals surface area (Å²) in [6, 6.07) is 2.20. The number of nitrogens with zero attached hydrogens (tertiary/aromatic N) is 4. The zero-order chi connectivity index (χ0) is 24.9. The molecule has 1 amide bonds. The molecule has 3 aliphatic heterocycles. The lowest BCUT2D eigenvalue weighted by Gasteiger charge is -2.32. The number of pyridine rings is 1. The van der Waals surface area contributed by atoms with Gasteiger partial charge in [0.15, 0.2) is 0 Å². The average Bonchev–Trinajstić information content (AvgIpc) is 3.05. The second-order valence-corrected chi connectivity index (χ2v) is 10.9. The number of fused-ring (bicyclic) bond motifs is 1.